The van der Waals surface area contributed by atoms with Crippen molar-refractivity contribution in [1.29, 1.82) is 0 Å². The maximum absolute atomic E-state index is 13.5. The molecule has 0 fully saturated rings. The van der Waals surface area contributed by atoms with Crippen molar-refractivity contribution in [3.63, 3.8) is 0 Å². The van der Waals surface area contributed by atoms with Gasteiger partial charge in [-0.2, -0.15) is 0 Å². The van der Waals surface area contributed by atoms with E-state index in [-0.39, 0.29) is 17.5 Å². The van der Waals surface area contributed by atoms with Crippen molar-refractivity contribution in [3.8, 4) is 0 Å². The molecule has 0 heterocycles. The number of carbonyl (C=O) groups is 1. The molecular weight excluding hydrogens is 321 g/mol. The van der Waals surface area contributed by atoms with Gasteiger partial charge in [0, 0.05) is 17.0 Å². The van der Waals surface area contributed by atoms with Gasteiger partial charge >= 0.3 is 0 Å². The molecule has 2 aromatic carbocycles. The lowest BCUT2D eigenvalue weighted by Crippen LogP contribution is -2.08. The molecule has 5 heteroatoms. The molecule has 0 aliphatic rings. The largest absolute Gasteiger partial charge is 0.294 e. The first-order chi connectivity index (χ1) is 8.97. The molecule has 0 saturated carbocycles. The van der Waals surface area contributed by atoms with E-state index in [1.54, 1.807) is 0 Å². The second kappa shape index (κ2) is 5.57. The van der Waals surface area contributed by atoms with Crippen LogP contribution in [0.1, 0.15) is 15.9 Å². The van der Waals surface area contributed by atoms with Crippen molar-refractivity contribution in [2.24, 2.45) is 0 Å². The number of carbonyl (C=O) groups excluding carboxylic acids is 1. The number of halogens is 4. The monoisotopic (exact) mass is 328 g/mol. The average Bonchev–Trinajstić information content (AvgIpc) is 2.33. The fourth-order valence-electron chi connectivity index (χ4n) is 1.66. The van der Waals surface area contributed by atoms with Gasteiger partial charge in [0.25, 0.3) is 0 Å². The highest BCUT2D eigenvalue weighted by Gasteiger charge is 2.15. The summed E-state index contributed by atoms with van der Waals surface area (Å²) in [5, 5.41) is 0. The predicted octanol–water partition coefficient (Wildman–Crippen LogP) is 4.29. The van der Waals surface area contributed by atoms with Crippen LogP contribution in [-0.2, 0) is 6.42 Å². The van der Waals surface area contributed by atoms with Crippen molar-refractivity contribution in [3.05, 3.63) is 69.4 Å². The lowest BCUT2D eigenvalue weighted by atomic mass is 10.0. The highest BCUT2D eigenvalue weighted by Crippen LogP contribution is 2.19. The molecule has 2 rings (SSSR count). The van der Waals surface area contributed by atoms with Crippen molar-refractivity contribution in [1.82, 2.24) is 0 Å². The molecule has 2 aromatic rings. The Labute approximate surface area is 116 Å². The standard InChI is InChI=1S/C14H8BrF3O/c15-9-1-4-12(17)8(5-9)6-14(19)11-3-2-10(16)7-13(11)18/h1-5,7H,6H2. The fraction of sp³-hybridized carbons (Fsp3) is 0.0714. The van der Waals surface area contributed by atoms with Crippen LogP contribution in [0, 0.1) is 17.5 Å². The van der Waals surface area contributed by atoms with E-state index in [1.807, 2.05) is 0 Å². The van der Waals surface area contributed by atoms with E-state index in [2.05, 4.69) is 15.9 Å². The second-order valence-corrected chi connectivity index (χ2v) is 4.88. The van der Waals surface area contributed by atoms with Crippen LogP contribution >= 0.6 is 15.9 Å². The van der Waals surface area contributed by atoms with Crippen LogP contribution in [0.25, 0.3) is 0 Å². The average molecular weight is 329 g/mol. The van der Waals surface area contributed by atoms with Crippen LogP contribution in [0.4, 0.5) is 13.2 Å². The van der Waals surface area contributed by atoms with Crippen LogP contribution in [0.2, 0.25) is 0 Å². The predicted molar refractivity (Wildman–Crippen MR) is 68.5 cm³/mol. The van der Waals surface area contributed by atoms with E-state index in [1.165, 1.54) is 18.2 Å². The van der Waals surface area contributed by atoms with Crippen molar-refractivity contribution < 1.29 is 18.0 Å². The van der Waals surface area contributed by atoms with Crippen molar-refractivity contribution in [2.75, 3.05) is 0 Å². The summed E-state index contributed by atoms with van der Waals surface area (Å²) in [5.74, 6) is -2.85. The summed E-state index contributed by atoms with van der Waals surface area (Å²) >= 11 is 3.16. The minimum Gasteiger partial charge on any atom is -0.294 e. The zero-order valence-corrected chi connectivity index (χ0v) is 11.2. The van der Waals surface area contributed by atoms with Crippen molar-refractivity contribution >= 4 is 21.7 Å². The Morgan fingerprint density at radius 3 is 2.42 bits per heavy atom. The molecule has 0 bridgehead atoms. The Bertz CT molecular complexity index is 641. The summed E-state index contributed by atoms with van der Waals surface area (Å²) in [6, 6.07) is 6.85. The Kier molecular flexibility index (Phi) is 4.04. The van der Waals surface area contributed by atoms with Gasteiger partial charge in [-0.1, -0.05) is 15.9 Å². The van der Waals surface area contributed by atoms with Gasteiger partial charge < -0.3 is 0 Å². The summed E-state index contributed by atoms with van der Waals surface area (Å²) < 4.78 is 40.3. The lowest BCUT2D eigenvalue weighted by molar-refractivity contribution is 0.0988. The summed E-state index contributed by atoms with van der Waals surface area (Å²) in [4.78, 5) is 11.9. The van der Waals surface area contributed by atoms with Gasteiger partial charge in [-0.3, -0.25) is 4.79 Å². The van der Waals surface area contributed by atoms with E-state index >= 15 is 0 Å². The van der Waals surface area contributed by atoms with Crippen LogP contribution < -0.4 is 0 Å². The molecule has 0 aliphatic heterocycles. The van der Waals surface area contributed by atoms with Gasteiger partial charge in [-0.15, -0.1) is 0 Å². The summed E-state index contributed by atoms with van der Waals surface area (Å²) in [6.07, 6.45) is -0.284. The zero-order chi connectivity index (χ0) is 14.0. The van der Waals surface area contributed by atoms with Crippen LogP contribution in [0.5, 0.6) is 0 Å². The van der Waals surface area contributed by atoms with E-state index in [4.69, 9.17) is 0 Å². The molecule has 19 heavy (non-hydrogen) atoms. The number of hydrogen-bond donors (Lipinski definition) is 0. The highest BCUT2D eigenvalue weighted by atomic mass is 79.9. The second-order valence-electron chi connectivity index (χ2n) is 3.96. The topological polar surface area (TPSA) is 17.1 Å². The number of Topliss-reactive ketones (excluding diaryl/α,β-unsaturated/α-hetero) is 1. The lowest BCUT2D eigenvalue weighted by Gasteiger charge is -2.05. The van der Waals surface area contributed by atoms with Gasteiger partial charge in [-0.25, -0.2) is 13.2 Å². The van der Waals surface area contributed by atoms with E-state index in [9.17, 15) is 18.0 Å². The third kappa shape index (κ3) is 3.23. The van der Waals surface area contributed by atoms with Crippen LogP contribution in [-0.4, -0.2) is 5.78 Å². The summed E-state index contributed by atoms with van der Waals surface area (Å²) in [6.45, 7) is 0. The maximum atomic E-state index is 13.5. The summed E-state index contributed by atoms with van der Waals surface area (Å²) in [5.41, 5.74) is -0.0936. The van der Waals surface area contributed by atoms with E-state index in [0.29, 0.717) is 10.5 Å². The normalized spacial score (nSPS) is 10.5. The molecular formula is C14H8BrF3O. The molecule has 0 aliphatic carbocycles. The molecule has 1 nitrogen and oxygen atoms in total. The minimum absolute atomic E-state index is 0.156. The molecule has 0 amide bonds. The SMILES string of the molecule is O=C(Cc1cc(Br)ccc1F)c1ccc(F)cc1F. The number of hydrogen-bond acceptors (Lipinski definition) is 1. The third-order valence-corrected chi connectivity index (χ3v) is 3.08. The molecule has 0 atom stereocenters. The van der Waals surface area contributed by atoms with Crippen LogP contribution in [0.3, 0.4) is 0 Å². The van der Waals surface area contributed by atoms with Crippen LogP contribution in [0.15, 0.2) is 40.9 Å². The Balaban J connectivity index is 2.28. The van der Waals surface area contributed by atoms with E-state index in [0.717, 1.165) is 12.1 Å². The minimum atomic E-state index is -0.944. The molecule has 0 unspecified atom stereocenters. The molecule has 0 N–H and O–H groups in total. The van der Waals surface area contributed by atoms with Gasteiger partial charge in [0.15, 0.2) is 5.78 Å². The van der Waals surface area contributed by atoms with Gasteiger partial charge in [0.1, 0.15) is 17.5 Å². The van der Waals surface area contributed by atoms with Crippen molar-refractivity contribution in [2.45, 2.75) is 6.42 Å². The third-order valence-electron chi connectivity index (χ3n) is 2.59. The Morgan fingerprint density at radius 1 is 1.00 bits per heavy atom. The fourth-order valence-corrected chi connectivity index (χ4v) is 2.07. The first-order valence-electron chi connectivity index (χ1n) is 5.39. The van der Waals surface area contributed by atoms with E-state index < -0.39 is 23.2 Å². The van der Waals surface area contributed by atoms with Gasteiger partial charge in [-0.05, 0) is 35.9 Å². The summed E-state index contributed by atoms with van der Waals surface area (Å²) in [7, 11) is 0. The van der Waals surface area contributed by atoms with Gasteiger partial charge in [0.2, 0.25) is 0 Å². The Morgan fingerprint density at radius 2 is 1.74 bits per heavy atom. The first-order valence-corrected chi connectivity index (χ1v) is 6.19. The number of rotatable bonds is 3. The quantitative estimate of drug-likeness (QED) is 0.768. The maximum Gasteiger partial charge on any atom is 0.170 e. The zero-order valence-electron chi connectivity index (χ0n) is 9.59. The molecule has 98 valence electrons. The highest BCUT2D eigenvalue weighted by molar-refractivity contribution is 9.10. The molecule has 0 radical (unpaired) electrons. The smallest absolute Gasteiger partial charge is 0.170 e. The Hall–Kier alpha value is -1.62. The van der Waals surface area contributed by atoms with Gasteiger partial charge in [0.05, 0.1) is 5.56 Å². The number of ketones is 1. The first kappa shape index (κ1) is 13.8. The number of benzene rings is 2. The molecule has 0 saturated heterocycles. The molecule has 0 aromatic heterocycles. The molecule has 0 spiro atoms.